The van der Waals surface area contributed by atoms with Gasteiger partial charge in [-0.05, 0) is 31.5 Å². The minimum Gasteiger partial charge on any atom is -0.384 e. The van der Waals surface area contributed by atoms with E-state index in [1.54, 1.807) is 30.3 Å². The average molecular weight is 363 g/mol. The quantitative estimate of drug-likeness (QED) is 0.877. The molecule has 1 aromatic carbocycles. The number of anilines is 1. The molecule has 3 rings (SSSR count). The zero-order chi connectivity index (χ0) is 18.0. The number of ether oxygens (including phenoxy) is 1. The van der Waals surface area contributed by atoms with E-state index in [1.807, 2.05) is 18.4 Å². The molecule has 0 atom stereocenters. The number of morpholine rings is 1. The predicted molar refractivity (Wildman–Crippen MR) is 97.5 cm³/mol. The summed E-state index contributed by atoms with van der Waals surface area (Å²) in [7, 11) is -3.62. The molecule has 1 saturated heterocycles. The number of nitrogens with two attached hydrogens (primary N) is 1. The summed E-state index contributed by atoms with van der Waals surface area (Å²) in [5, 5.41) is 0. The second kappa shape index (κ2) is 7.19. The second-order valence-corrected chi connectivity index (χ2v) is 8.23. The highest BCUT2D eigenvalue weighted by molar-refractivity contribution is 7.91. The van der Waals surface area contributed by atoms with Crippen molar-refractivity contribution in [1.29, 1.82) is 0 Å². The number of hydrogen-bond acceptors (Lipinski definition) is 5. The van der Waals surface area contributed by atoms with Gasteiger partial charge in [0.15, 0.2) is 0 Å². The summed E-state index contributed by atoms with van der Waals surface area (Å²) in [4.78, 5) is 2.82. The number of nitrogens with zero attached hydrogens (tertiary/aromatic N) is 2. The van der Waals surface area contributed by atoms with Crippen LogP contribution in [0.3, 0.4) is 0 Å². The van der Waals surface area contributed by atoms with Gasteiger partial charge in [0.05, 0.1) is 18.1 Å². The first-order chi connectivity index (χ1) is 11.9. The van der Waals surface area contributed by atoms with Crippen molar-refractivity contribution in [3.05, 3.63) is 41.6 Å². The standard InChI is InChI=1S/C18H25N3O3S/c1-14-15(2)21(9-8-20-10-12-24-13-11-20)18(19)17(14)25(22,23)16-6-4-3-5-7-16/h3-7H,8-13,19H2,1-2H3. The highest BCUT2D eigenvalue weighted by atomic mass is 32.2. The van der Waals surface area contributed by atoms with Crippen LogP contribution in [0.1, 0.15) is 11.3 Å². The third-order valence-electron chi connectivity index (χ3n) is 4.88. The van der Waals surface area contributed by atoms with Crippen LogP contribution in [-0.4, -0.2) is 50.7 Å². The molecule has 2 aromatic rings. The third kappa shape index (κ3) is 3.44. The van der Waals surface area contributed by atoms with E-state index in [0.29, 0.717) is 12.4 Å². The molecule has 0 bridgehead atoms. The fourth-order valence-electron chi connectivity index (χ4n) is 3.27. The summed E-state index contributed by atoms with van der Waals surface area (Å²) < 4.78 is 33.3. The Labute approximate surface area is 149 Å². The molecule has 1 aromatic heterocycles. The van der Waals surface area contributed by atoms with Crippen molar-refractivity contribution in [1.82, 2.24) is 9.47 Å². The van der Waals surface area contributed by atoms with Gasteiger partial charge in [0, 0.05) is 31.9 Å². The molecule has 2 heterocycles. The van der Waals surface area contributed by atoms with E-state index in [1.165, 1.54) is 0 Å². The van der Waals surface area contributed by atoms with Crippen LogP contribution >= 0.6 is 0 Å². The van der Waals surface area contributed by atoms with Crippen LogP contribution in [0, 0.1) is 13.8 Å². The molecule has 0 aliphatic carbocycles. The van der Waals surface area contributed by atoms with Gasteiger partial charge in [-0.3, -0.25) is 4.90 Å². The van der Waals surface area contributed by atoms with Gasteiger partial charge in [-0.2, -0.15) is 0 Å². The lowest BCUT2D eigenvalue weighted by Crippen LogP contribution is -2.38. The van der Waals surface area contributed by atoms with Gasteiger partial charge in [-0.25, -0.2) is 8.42 Å². The molecular formula is C18H25N3O3S. The number of aromatic nitrogens is 1. The van der Waals surface area contributed by atoms with E-state index < -0.39 is 9.84 Å². The van der Waals surface area contributed by atoms with E-state index in [0.717, 1.165) is 44.1 Å². The van der Waals surface area contributed by atoms with Crippen molar-refractivity contribution in [2.24, 2.45) is 0 Å². The van der Waals surface area contributed by atoms with Crippen LogP contribution in [0.2, 0.25) is 0 Å². The molecule has 1 aliphatic rings. The van der Waals surface area contributed by atoms with E-state index in [2.05, 4.69) is 4.90 Å². The molecule has 0 radical (unpaired) electrons. The maximum atomic E-state index is 13.0. The number of hydrogen-bond donors (Lipinski definition) is 1. The van der Waals surface area contributed by atoms with Crippen molar-refractivity contribution in [2.45, 2.75) is 30.2 Å². The smallest absolute Gasteiger partial charge is 0.210 e. The Morgan fingerprint density at radius 2 is 1.72 bits per heavy atom. The molecule has 0 saturated carbocycles. The van der Waals surface area contributed by atoms with Crippen molar-refractivity contribution in [3.63, 3.8) is 0 Å². The van der Waals surface area contributed by atoms with Gasteiger partial charge >= 0.3 is 0 Å². The Hall–Kier alpha value is -1.83. The summed E-state index contributed by atoms with van der Waals surface area (Å²) in [5.74, 6) is 0.326. The Bertz CT molecular complexity index is 838. The summed E-state index contributed by atoms with van der Waals surface area (Å²) in [5.41, 5.74) is 7.91. The Kier molecular flexibility index (Phi) is 5.17. The van der Waals surface area contributed by atoms with Gasteiger partial charge in [-0.15, -0.1) is 0 Å². The van der Waals surface area contributed by atoms with Gasteiger partial charge in [0.25, 0.3) is 0 Å². The minimum atomic E-state index is -3.62. The summed E-state index contributed by atoms with van der Waals surface area (Å²) in [6.45, 7) is 8.53. The SMILES string of the molecule is Cc1c(S(=O)(=O)c2ccccc2)c(N)n(CCN2CCOCC2)c1C. The van der Waals surface area contributed by atoms with Crippen LogP contribution in [0.4, 0.5) is 5.82 Å². The molecule has 25 heavy (non-hydrogen) atoms. The number of benzene rings is 1. The molecular weight excluding hydrogens is 338 g/mol. The maximum Gasteiger partial charge on any atom is 0.210 e. The molecule has 0 unspecified atom stereocenters. The molecule has 0 spiro atoms. The van der Waals surface area contributed by atoms with Gasteiger partial charge in [-0.1, -0.05) is 18.2 Å². The molecule has 7 heteroatoms. The Morgan fingerprint density at radius 3 is 2.36 bits per heavy atom. The first kappa shape index (κ1) is 18.0. The first-order valence-corrected chi connectivity index (χ1v) is 9.96. The topological polar surface area (TPSA) is 77.6 Å². The summed E-state index contributed by atoms with van der Waals surface area (Å²) in [6, 6.07) is 8.46. The van der Waals surface area contributed by atoms with Gasteiger partial charge in [0.2, 0.25) is 9.84 Å². The molecule has 1 aliphatic heterocycles. The highest BCUT2D eigenvalue weighted by Gasteiger charge is 2.28. The van der Waals surface area contributed by atoms with Crippen LogP contribution in [0.5, 0.6) is 0 Å². The third-order valence-corrected chi connectivity index (χ3v) is 6.82. The second-order valence-electron chi connectivity index (χ2n) is 6.35. The predicted octanol–water partition coefficient (Wildman–Crippen LogP) is 1.85. The zero-order valence-corrected chi connectivity index (χ0v) is 15.6. The average Bonchev–Trinajstić information content (AvgIpc) is 2.84. The number of rotatable bonds is 5. The largest absolute Gasteiger partial charge is 0.384 e. The van der Waals surface area contributed by atoms with Crippen molar-refractivity contribution >= 4 is 15.7 Å². The maximum absolute atomic E-state index is 13.0. The summed E-state index contributed by atoms with van der Waals surface area (Å²) >= 11 is 0. The number of sulfone groups is 1. The molecule has 0 amide bonds. The zero-order valence-electron chi connectivity index (χ0n) is 14.7. The lowest BCUT2D eigenvalue weighted by Gasteiger charge is -2.27. The lowest BCUT2D eigenvalue weighted by molar-refractivity contribution is 0.0364. The van der Waals surface area contributed by atoms with E-state index in [9.17, 15) is 8.42 Å². The first-order valence-electron chi connectivity index (χ1n) is 8.48. The molecule has 2 N–H and O–H groups in total. The molecule has 1 fully saturated rings. The van der Waals surface area contributed by atoms with Crippen LogP contribution in [0.25, 0.3) is 0 Å². The number of nitrogen functional groups attached to an aromatic ring is 1. The van der Waals surface area contributed by atoms with Crippen LogP contribution < -0.4 is 5.73 Å². The monoisotopic (exact) mass is 363 g/mol. The van der Waals surface area contributed by atoms with Crippen molar-refractivity contribution < 1.29 is 13.2 Å². The van der Waals surface area contributed by atoms with Crippen molar-refractivity contribution in [3.8, 4) is 0 Å². The fourth-order valence-corrected chi connectivity index (χ4v) is 4.96. The molecule has 6 nitrogen and oxygen atoms in total. The van der Waals surface area contributed by atoms with Gasteiger partial charge < -0.3 is 15.0 Å². The van der Waals surface area contributed by atoms with Crippen molar-refractivity contribution in [2.75, 3.05) is 38.6 Å². The van der Waals surface area contributed by atoms with E-state index in [-0.39, 0.29) is 9.79 Å². The van der Waals surface area contributed by atoms with Crippen LogP contribution in [0.15, 0.2) is 40.1 Å². The highest BCUT2D eigenvalue weighted by Crippen LogP contribution is 2.33. The Balaban J connectivity index is 1.91. The van der Waals surface area contributed by atoms with E-state index >= 15 is 0 Å². The normalized spacial score (nSPS) is 16.2. The van der Waals surface area contributed by atoms with Crippen LogP contribution in [-0.2, 0) is 21.1 Å². The van der Waals surface area contributed by atoms with Gasteiger partial charge in [0.1, 0.15) is 10.7 Å². The summed E-state index contributed by atoms with van der Waals surface area (Å²) in [6.07, 6.45) is 0. The minimum absolute atomic E-state index is 0.234. The Morgan fingerprint density at radius 1 is 1.08 bits per heavy atom. The fraction of sp³-hybridized carbons (Fsp3) is 0.444. The van der Waals surface area contributed by atoms with E-state index in [4.69, 9.17) is 10.5 Å². The lowest BCUT2D eigenvalue weighted by atomic mass is 10.3. The molecule has 136 valence electrons.